The summed E-state index contributed by atoms with van der Waals surface area (Å²) in [5, 5.41) is 6.27. The van der Waals surface area contributed by atoms with Crippen LogP contribution >= 0.6 is 24.0 Å². The van der Waals surface area contributed by atoms with E-state index in [4.69, 9.17) is 4.74 Å². The molecule has 0 saturated heterocycles. The Morgan fingerprint density at radius 2 is 1.95 bits per heavy atom. The predicted molar refractivity (Wildman–Crippen MR) is 101 cm³/mol. The van der Waals surface area contributed by atoms with Gasteiger partial charge in [0.25, 0.3) is 0 Å². The Morgan fingerprint density at radius 3 is 2.48 bits per heavy atom. The summed E-state index contributed by atoms with van der Waals surface area (Å²) in [7, 11) is 1.74. The molecule has 0 bridgehead atoms. The Balaban J connectivity index is 0.00000400. The fraction of sp³-hybridized carbons (Fsp3) is 0.438. The maximum absolute atomic E-state index is 5.67. The molecule has 0 spiro atoms. The average molecular weight is 403 g/mol. The highest BCUT2D eigenvalue weighted by molar-refractivity contribution is 14.0. The predicted octanol–water partition coefficient (Wildman–Crippen LogP) is 3.16. The first-order valence-electron chi connectivity index (χ1n) is 6.95. The van der Waals surface area contributed by atoms with Crippen molar-refractivity contribution in [1.82, 2.24) is 10.6 Å². The minimum Gasteiger partial charge on any atom is -0.492 e. The molecule has 0 radical (unpaired) electrons. The molecule has 118 valence electrons. The number of halogens is 1. The molecular weight excluding hydrogens is 377 g/mol. The van der Waals surface area contributed by atoms with Gasteiger partial charge in [0.1, 0.15) is 12.4 Å². The quantitative estimate of drug-likeness (QED) is 0.242. The van der Waals surface area contributed by atoms with E-state index in [9.17, 15) is 0 Å². The van der Waals surface area contributed by atoms with Crippen molar-refractivity contribution in [3.05, 3.63) is 42.5 Å². The van der Waals surface area contributed by atoms with Gasteiger partial charge in [0, 0.05) is 13.6 Å². The highest BCUT2D eigenvalue weighted by atomic mass is 127. The number of guanidine groups is 1. The molecule has 5 heteroatoms. The molecule has 0 heterocycles. The summed E-state index contributed by atoms with van der Waals surface area (Å²) in [6, 6.07) is 8.25. The van der Waals surface area contributed by atoms with Gasteiger partial charge in [0.15, 0.2) is 5.96 Å². The van der Waals surface area contributed by atoms with E-state index in [0.29, 0.717) is 25.6 Å². The van der Waals surface area contributed by atoms with Crippen LogP contribution in [0.4, 0.5) is 0 Å². The smallest absolute Gasteiger partial charge is 0.191 e. The topological polar surface area (TPSA) is 45.7 Å². The maximum Gasteiger partial charge on any atom is 0.191 e. The van der Waals surface area contributed by atoms with Crippen molar-refractivity contribution in [1.29, 1.82) is 0 Å². The van der Waals surface area contributed by atoms with E-state index < -0.39 is 0 Å². The highest BCUT2D eigenvalue weighted by Gasteiger charge is 2.00. The number of benzene rings is 1. The molecule has 0 unspecified atom stereocenters. The van der Waals surface area contributed by atoms with Gasteiger partial charge in [0.05, 0.1) is 6.54 Å². The molecule has 1 rings (SSSR count). The van der Waals surface area contributed by atoms with Gasteiger partial charge in [-0.25, -0.2) is 0 Å². The lowest BCUT2D eigenvalue weighted by Gasteiger charge is -2.12. The van der Waals surface area contributed by atoms with Gasteiger partial charge >= 0.3 is 0 Å². The zero-order valence-electron chi connectivity index (χ0n) is 13.1. The molecule has 1 aromatic carbocycles. The Kier molecular flexibility index (Phi) is 10.7. The van der Waals surface area contributed by atoms with E-state index >= 15 is 0 Å². The number of aliphatic imine (C=N–C) groups is 1. The molecular formula is C16H26IN3O. The number of hydrogen-bond donors (Lipinski definition) is 2. The van der Waals surface area contributed by atoms with Crippen molar-refractivity contribution < 1.29 is 4.74 Å². The van der Waals surface area contributed by atoms with Crippen LogP contribution in [0.2, 0.25) is 0 Å². The molecule has 0 aliphatic heterocycles. The van der Waals surface area contributed by atoms with Crippen LogP contribution in [-0.2, 0) is 0 Å². The van der Waals surface area contributed by atoms with Crippen molar-refractivity contribution in [2.24, 2.45) is 4.99 Å². The lowest BCUT2D eigenvalue weighted by molar-refractivity contribution is 0.322. The fourth-order valence-electron chi connectivity index (χ4n) is 1.68. The second-order valence-electron chi connectivity index (χ2n) is 4.74. The molecule has 21 heavy (non-hydrogen) atoms. The molecule has 0 aromatic heterocycles. The van der Waals surface area contributed by atoms with Crippen molar-refractivity contribution in [3.63, 3.8) is 0 Å². The molecule has 1 aromatic rings. The van der Waals surface area contributed by atoms with Crippen molar-refractivity contribution >= 4 is 29.9 Å². The second kappa shape index (κ2) is 11.4. The van der Waals surface area contributed by atoms with E-state index in [0.717, 1.165) is 11.7 Å². The summed E-state index contributed by atoms with van der Waals surface area (Å²) in [6.07, 6.45) is 1.79. The van der Waals surface area contributed by atoms with E-state index in [-0.39, 0.29) is 24.0 Å². The molecule has 0 amide bonds. The summed E-state index contributed by atoms with van der Waals surface area (Å²) in [4.78, 5) is 4.09. The lowest BCUT2D eigenvalue weighted by Crippen LogP contribution is -2.39. The van der Waals surface area contributed by atoms with Crippen molar-refractivity contribution in [2.45, 2.75) is 19.8 Å². The largest absolute Gasteiger partial charge is 0.492 e. The van der Waals surface area contributed by atoms with Gasteiger partial charge < -0.3 is 15.4 Å². The highest BCUT2D eigenvalue weighted by Crippen LogP contribution is 2.18. The summed E-state index contributed by atoms with van der Waals surface area (Å²) >= 11 is 0. The molecule has 0 fully saturated rings. The minimum atomic E-state index is 0. The third-order valence-electron chi connectivity index (χ3n) is 2.85. The second-order valence-corrected chi connectivity index (χ2v) is 4.74. The van der Waals surface area contributed by atoms with Crippen LogP contribution in [0, 0.1) is 0 Å². The Morgan fingerprint density at radius 1 is 1.29 bits per heavy atom. The van der Waals surface area contributed by atoms with Crippen LogP contribution in [-0.4, -0.2) is 32.7 Å². The molecule has 2 N–H and O–H groups in total. The van der Waals surface area contributed by atoms with Gasteiger partial charge in [-0.3, -0.25) is 4.99 Å². The zero-order valence-corrected chi connectivity index (χ0v) is 15.4. The number of hydrogen-bond acceptors (Lipinski definition) is 2. The van der Waals surface area contributed by atoms with Crippen molar-refractivity contribution in [3.8, 4) is 5.75 Å². The van der Waals surface area contributed by atoms with E-state index in [1.807, 2.05) is 12.1 Å². The van der Waals surface area contributed by atoms with E-state index in [1.165, 1.54) is 5.56 Å². The van der Waals surface area contributed by atoms with Crippen LogP contribution < -0.4 is 15.4 Å². The van der Waals surface area contributed by atoms with Gasteiger partial charge in [-0.1, -0.05) is 32.1 Å². The number of nitrogens with one attached hydrogen (secondary N) is 2. The maximum atomic E-state index is 5.67. The zero-order chi connectivity index (χ0) is 14.8. The first kappa shape index (κ1) is 19.8. The Hall–Kier alpha value is -1.24. The Labute approximate surface area is 145 Å². The van der Waals surface area contributed by atoms with Crippen molar-refractivity contribution in [2.75, 3.05) is 26.7 Å². The summed E-state index contributed by atoms with van der Waals surface area (Å²) in [5.74, 6) is 2.19. The fourth-order valence-corrected chi connectivity index (χ4v) is 1.68. The standard InChI is InChI=1S/C16H25N3O.HI/c1-5-10-18-16(17-4)19-11-12-20-15-8-6-14(7-9-15)13(2)3;/h5-9,13H,1,10-12H2,2-4H3,(H2,17,18,19);1H. The van der Waals surface area contributed by atoms with Gasteiger partial charge in [-0.2, -0.15) is 0 Å². The number of rotatable bonds is 7. The lowest BCUT2D eigenvalue weighted by atomic mass is 10.0. The molecule has 4 nitrogen and oxygen atoms in total. The first-order chi connectivity index (χ1) is 9.67. The number of nitrogens with zero attached hydrogens (tertiary/aromatic N) is 1. The minimum absolute atomic E-state index is 0. The first-order valence-corrected chi connectivity index (χ1v) is 6.95. The van der Waals surface area contributed by atoms with Crippen LogP contribution in [0.25, 0.3) is 0 Å². The monoisotopic (exact) mass is 403 g/mol. The summed E-state index contributed by atoms with van der Waals surface area (Å²) in [6.45, 7) is 10.00. The molecule has 0 aliphatic carbocycles. The number of ether oxygens (including phenoxy) is 1. The van der Waals surface area contributed by atoms with Gasteiger partial charge in [-0.15, -0.1) is 30.6 Å². The normalized spacial score (nSPS) is 10.8. The molecule has 0 atom stereocenters. The third-order valence-corrected chi connectivity index (χ3v) is 2.85. The molecule has 0 saturated carbocycles. The van der Waals surface area contributed by atoms with Crippen LogP contribution in [0.3, 0.4) is 0 Å². The van der Waals surface area contributed by atoms with Gasteiger partial charge in [0.2, 0.25) is 0 Å². The third kappa shape index (κ3) is 7.94. The van der Waals surface area contributed by atoms with E-state index in [2.05, 4.69) is 48.2 Å². The Bertz CT molecular complexity index is 430. The van der Waals surface area contributed by atoms with E-state index in [1.54, 1.807) is 13.1 Å². The average Bonchev–Trinajstić information content (AvgIpc) is 2.47. The van der Waals surface area contributed by atoms with Gasteiger partial charge in [-0.05, 0) is 23.6 Å². The van der Waals surface area contributed by atoms with Crippen LogP contribution in [0.5, 0.6) is 5.75 Å². The summed E-state index contributed by atoms with van der Waals surface area (Å²) in [5.41, 5.74) is 1.32. The van der Waals surface area contributed by atoms with Crippen LogP contribution in [0.1, 0.15) is 25.3 Å². The SMILES string of the molecule is C=CCNC(=NC)NCCOc1ccc(C(C)C)cc1.I. The summed E-state index contributed by atoms with van der Waals surface area (Å²) < 4.78 is 5.67. The molecule has 0 aliphatic rings. The van der Waals surface area contributed by atoms with Crippen LogP contribution in [0.15, 0.2) is 41.9 Å².